The molecule has 150 valence electrons. The molecule has 2 heterocycles. The highest BCUT2D eigenvalue weighted by molar-refractivity contribution is 6.31. The number of carbonyl (C=O) groups is 2. The van der Waals surface area contributed by atoms with Crippen molar-refractivity contribution in [2.45, 2.75) is 26.7 Å². The standard InChI is InChI=1S/C23H24ClN3O2/c1-14-3-6-21-19(9-14)16(12-25-21)7-8-27-13-17(10-22(27)28)23(29)26-18-5-4-15(2)20(24)11-18/h3-6,9,11-12,17,25H,7-8,10,13H2,1-2H3,(H,26,29). The smallest absolute Gasteiger partial charge is 0.229 e. The Morgan fingerprint density at radius 2 is 2.07 bits per heavy atom. The highest BCUT2D eigenvalue weighted by Crippen LogP contribution is 2.25. The van der Waals surface area contributed by atoms with E-state index in [0.717, 1.165) is 17.5 Å². The van der Waals surface area contributed by atoms with E-state index in [0.29, 0.717) is 23.8 Å². The number of nitrogens with one attached hydrogen (secondary N) is 2. The summed E-state index contributed by atoms with van der Waals surface area (Å²) in [6, 6.07) is 11.8. The van der Waals surface area contributed by atoms with E-state index >= 15 is 0 Å². The monoisotopic (exact) mass is 409 g/mol. The number of anilines is 1. The molecule has 0 spiro atoms. The second-order valence-corrected chi connectivity index (χ2v) is 8.21. The molecule has 1 saturated heterocycles. The molecular formula is C23H24ClN3O2. The van der Waals surface area contributed by atoms with Crippen LogP contribution in [0, 0.1) is 19.8 Å². The third-order valence-electron chi connectivity index (χ3n) is 5.60. The van der Waals surface area contributed by atoms with Gasteiger partial charge in [0.1, 0.15) is 0 Å². The first-order chi connectivity index (χ1) is 13.9. The topological polar surface area (TPSA) is 65.2 Å². The van der Waals surface area contributed by atoms with Crippen molar-refractivity contribution in [3.8, 4) is 0 Å². The van der Waals surface area contributed by atoms with E-state index in [4.69, 9.17) is 11.6 Å². The van der Waals surface area contributed by atoms with Gasteiger partial charge in [-0.3, -0.25) is 9.59 Å². The minimum Gasteiger partial charge on any atom is -0.361 e. The maximum atomic E-state index is 12.6. The molecule has 2 N–H and O–H groups in total. The fourth-order valence-electron chi connectivity index (χ4n) is 3.83. The number of hydrogen-bond acceptors (Lipinski definition) is 2. The number of benzene rings is 2. The molecule has 4 rings (SSSR count). The van der Waals surface area contributed by atoms with Crippen molar-refractivity contribution in [3.05, 3.63) is 64.3 Å². The maximum absolute atomic E-state index is 12.6. The first kappa shape index (κ1) is 19.5. The van der Waals surface area contributed by atoms with Crippen molar-refractivity contribution < 1.29 is 9.59 Å². The summed E-state index contributed by atoms with van der Waals surface area (Å²) in [5.74, 6) is -0.445. The Kier molecular flexibility index (Phi) is 5.33. The zero-order valence-electron chi connectivity index (χ0n) is 16.6. The maximum Gasteiger partial charge on any atom is 0.229 e. The van der Waals surface area contributed by atoms with Crippen molar-refractivity contribution in [1.82, 2.24) is 9.88 Å². The average molecular weight is 410 g/mol. The highest BCUT2D eigenvalue weighted by Gasteiger charge is 2.34. The number of amides is 2. The number of aromatic amines is 1. The molecule has 1 aliphatic heterocycles. The lowest BCUT2D eigenvalue weighted by atomic mass is 10.1. The van der Waals surface area contributed by atoms with E-state index in [-0.39, 0.29) is 24.2 Å². The van der Waals surface area contributed by atoms with Gasteiger partial charge in [-0.25, -0.2) is 0 Å². The van der Waals surface area contributed by atoms with Crippen LogP contribution >= 0.6 is 11.6 Å². The van der Waals surface area contributed by atoms with Crippen LogP contribution < -0.4 is 5.32 Å². The number of aryl methyl sites for hydroxylation is 2. The number of fused-ring (bicyclic) bond motifs is 1. The number of carbonyl (C=O) groups excluding carboxylic acids is 2. The van der Waals surface area contributed by atoms with Gasteiger partial charge in [-0.15, -0.1) is 0 Å². The van der Waals surface area contributed by atoms with Crippen molar-refractivity contribution in [2.24, 2.45) is 5.92 Å². The Labute approximate surface area is 175 Å². The molecule has 1 unspecified atom stereocenters. The van der Waals surface area contributed by atoms with Crippen LogP contribution in [-0.2, 0) is 16.0 Å². The molecule has 6 heteroatoms. The average Bonchev–Trinajstić information content (AvgIpc) is 3.26. The number of aromatic nitrogens is 1. The minimum atomic E-state index is -0.340. The van der Waals surface area contributed by atoms with Crippen molar-refractivity contribution in [3.63, 3.8) is 0 Å². The van der Waals surface area contributed by atoms with Crippen LogP contribution in [0.1, 0.15) is 23.1 Å². The summed E-state index contributed by atoms with van der Waals surface area (Å²) in [6.07, 6.45) is 3.02. The Morgan fingerprint density at radius 3 is 2.86 bits per heavy atom. The first-order valence-corrected chi connectivity index (χ1v) is 10.2. The van der Waals surface area contributed by atoms with Crippen LogP contribution in [0.4, 0.5) is 5.69 Å². The molecule has 5 nitrogen and oxygen atoms in total. The number of hydrogen-bond donors (Lipinski definition) is 2. The molecule has 0 bridgehead atoms. The van der Waals surface area contributed by atoms with Gasteiger partial charge in [0, 0.05) is 47.3 Å². The molecule has 0 aliphatic carbocycles. The SMILES string of the molecule is Cc1ccc2[nH]cc(CCN3CC(C(=O)Nc4ccc(C)c(Cl)c4)CC3=O)c2c1. The summed E-state index contributed by atoms with van der Waals surface area (Å²) in [6.45, 7) is 5.05. The first-order valence-electron chi connectivity index (χ1n) is 9.82. The number of H-pyrrole nitrogens is 1. The molecule has 2 aromatic carbocycles. The van der Waals surface area contributed by atoms with E-state index in [2.05, 4.69) is 35.4 Å². The van der Waals surface area contributed by atoms with Crippen LogP contribution in [0.25, 0.3) is 10.9 Å². The van der Waals surface area contributed by atoms with Crippen molar-refractivity contribution in [2.75, 3.05) is 18.4 Å². The zero-order chi connectivity index (χ0) is 20.5. The fraction of sp³-hybridized carbons (Fsp3) is 0.304. The molecule has 3 aromatic rings. The molecule has 1 aromatic heterocycles. The summed E-state index contributed by atoms with van der Waals surface area (Å²) < 4.78 is 0. The molecule has 29 heavy (non-hydrogen) atoms. The minimum absolute atomic E-state index is 0.0307. The van der Waals surface area contributed by atoms with E-state index < -0.39 is 0 Å². The summed E-state index contributed by atoms with van der Waals surface area (Å²) in [5, 5.41) is 4.69. The van der Waals surface area contributed by atoms with Gasteiger partial charge in [-0.05, 0) is 55.7 Å². The van der Waals surface area contributed by atoms with Crippen LogP contribution in [0.15, 0.2) is 42.6 Å². The Balaban J connectivity index is 1.37. The summed E-state index contributed by atoms with van der Waals surface area (Å²) >= 11 is 6.13. The molecule has 1 fully saturated rings. The van der Waals surface area contributed by atoms with E-state index in [1.165, 1.54) is 16.5 Å². The van der Waals surface area contributed by atoms with Crippen LogP contribution in [0.3, 0.4) is 0 Å². The Bertz CT molecular complexity index is 1090. The molecule has 0 radical (unpaired) electrons. The predicted molar refractivity (Wildman–Crippen MR) is 116 cm³/mol. The van der Waals surface area contributed by atoms with Crippen LogP contribution in [0.5, 0.6) is 0 Å². The van der Waals surface area contributed by atoms with Crippen molar-refractivity contribution in [1.29, 1.82) is 0 Å². The molecular weight excluding hydrogens is 386 g/mol. The predicted octanol–water partition coefficient (Wildman–Crippen LogP) is 4.47. The number of nitrogens with zero attached hydrogens (tertiary/aromatic N) is 1. The third-order valence-corrected chi connectivity index (χ3v) is 6.01. The largest absolute Gasteiger partial charge is 0.361 e. The number of rotatable bonds is 5. The van der Waals surface area contributed by atoms with Gasteiger partial charge in [0.2, 0.25) is 11.8 Å². The van der Waals surface area contributed by atoms with Gasteiger partial charge in [-0.2, -0.15) is 0 Å². The van der Waals surface area contributed by atoms with E-state index in [9.17, 15) is 9.59 Å². The normalized spacial score (nSPS) is 16.6. The van der Waals surface area contributed by atoms with E-state index in [1.54, 1.807) is 11.0 Å². The summed E-state index contributed by atoms with van der Waals surface area (Å²) in [5.41, 5.74) is 5.12. The van der Waals surface area contributed by atoms with Gasteiger partial charge in [0.15, 0.2) is 0 Å². The molecule has 1 atom stereocenters. The lowest BCUT2D eigenvalue weighted by Gasteiger charge is -2.16. The van der Waals surface area contributed by atoms with Crippen molar-refractivity contribution >= 4 is 40.0 Å². The summed E-state index contributed by atoms with van der Waals surface area (Å²) in [7, 11) is 0. The second kappa shape index (κ2) is 7.91. The highest BCUT2D eigenvalue weighted by atomic mass is 35.5. The molecule has 1 aliphatic rings. The zero-order valence-corrected chi connectivity index (χ0v) is 17.3. The third kappa shape index (κ3) is 4.15. The molecule has 2 amide bonds. The fourth-order valence-corrected chi connectivity index (χ4v) is 4.01. The Morgan fingerprint density at radius 1 is 1.24 bits per heavy atom. The quantitative estimate of drug-likeness (QED) is 0.653. The second-order valence-electron chi connectivity index (χ2n) is 7.81. The van der Waals surface area contributed by atoms with Gasteiger partial charge < -0.3 is 15.2 Å². The van der Waals surface area contributed by atoms with Crippen LogP contribution in [0.2, 0.25) is 5.02 Å². The van der Waals surface area contributed by atoms with Gasteiger partial charge in [0.05, 0.1) is 5.92 Å². The van der Waals surface area contributed by atoms with Gasteiger partial charge in [0.25, 0.3) is 0 Å². The molecule has 0 saturated carbocycles. The lowest BCUT2D eigenvalue weighted by molar-refractivity contribution is -0.128. The van der Waals surface area contributed by atoms with Crippen LogP contribution in [-0.4, -0.2) is 34.8 Å². The van der Waals surface area contributed by atoms with Gasteiger partial charge >= 0.3 is 0 Å². The lowest BCUT2D eigenvalue weighted by Crippen LogP contribution is -2.30. The Hall–Kier alpha value is -2.79. The summed E-state index contributed by atoms with van der Waals surface area (Å²) in [4.78, 5) is 30.1. The number of likely N-dealkylation sites (tertiary alicyclic amines) is 1. The van der Waals surface area contributed by atoms with E-state index in [1.807, 2.05) is 25.3 Å². The van der Waals surface area contributed by atoms with Gasteiger partial charge in [-0.1, -0.05) is 29.3 Å². The number of halogens is 1.